The number of amides is 2. The van der Waals surface area contributed by atoms with Gasteiger partial charge in [0.25, 0.3) is 5.91 Å². The number of rotatable bonds is 7. The fourth-order valence-electron chi connectivity index (χ4n) is 2.92. The van der Waals surface area contributed by atoms with Crippen LogP contribution in [0.4, 0.5) is 10.5 Å². The second-order valence-electron chi connectivity index (χ2n) is 7.86. The number of nitrogens with one attached hydrogen (secondary N) is 2. The first-order valence-electron chi connectivity index (χ1n) is 9.67. The van der Waals surface area contributed by atoms with Gasteiger partial charge in [-0.2, -0.15) is 0 Å². The number of ether oxygens (including phenoxy) is 1. The molecule has 0 bridgehead atoms. The van der Waals surface area contributed by atoms with Crippen LogP contribution >= 0.6 is 0 Å². The zero-order chi connectivity index (χ0) is 20.7. The highest BCUT2D eigenvalue weighted by atomic mass is 16.6. The lowest BCUT2D eigenvalue weighted by atomic mass is 10.0. The number of carbonyl (C=O) groups excluding carboxylic acids is 2. The summed E-state index contributed by atoms with van der Waals surface area (Å²) in [6, 6.07) is 12.5. The maximum absolute atomic E-state index is 12.7. The highest BCUT2D eigenvalue weighted by molar-refractivity contribution is 6.03. The van der Waals surface area contributed by atoms with E-state index < -0.39 is 29.7 Å². The minimum absolute atomic E-state index is 0.472. The fraction of sp³-hybridized carbons (Fsp3) is 0.455. The Balaban J connectivity index is 2.12. The van der Waals surface area contributed by atoms with E-state index in [4.69, 9.17) is 4.74 Å². The Morgan fingerprint density at radius 1 is 1.11 bits per heavy atom. The van der Waals surface area contributed by atoms with Crippen LogP contribution in [-0.2, 0) is 9.53 Å². The number of anilines is 1. The minimum Gasteiger partial charge on any atom is -0.444 e. The third kappa shape index (κ3) is 6.23. The van der Waals surface area contributed by atoms with Gasteiger partial charge in [-0.1, -0.05) is 56.2 Å². The SMILES string of the molecule is CCCC[C@@H](NC(=O)OC(C)(C)C)[C@H](O)C(=O)Nc1cccc2ccccc12. The molecule has 0 heterocycles. The molecular formula is C22H30N2O4. The van der Waals surface area contributed by atoms with Crippen LogP contribution in [0.5, 0.6) is 0 Å². The minimum atomic E-state index is -1.39. The summed E-state index contributed by atoms with van der Waals surface area (Å²) in [6.07, 6.45) is 0.0759. The largest absolute Gasteiger partial charge is 0.444 e. The van der Waals surface area contributed by atoms with E-state index in [1.807, 2.05) is 43.3 Å². The predicted octanol–water partition coefficient (Wildman–Crippen LogP) is 4.22. The first-order chi connectivity index (χ1) is 13.2. The molecule has 2 aromatic carbocycles. The highest BCUT2D eigenvalue weighted by Gasteiger charge is 2.29. The maximum Gasteiger partial charge on any atom is 0.407 e. The van der Waals surface area contributed by atoms with Crippen molar-refractivity contribution >= 4 is 28.5 Å². The van der Waals surface area contributed by atoms with Gasteiger partial charge in [0.15, 0.2) is 6.10 Å². The van der Waals surface area contributed by atoms with Gasteiger partial charge in [-0.15, -0.1) is 0 Å². The molecule has 6 heteroatoms. The van der Waals surface area contributed by atoms with Crippen molar-refractivity contribution in [2.24, 2.45) is 0 Å². The van der Waals surface area contributed by atoms with Gasteiger partial charge in [0.05, 0.1) is 6.04 Å². The molecule has 28 heavy (non-hydrogen) atoms. The Morgan fingerprint density at radius 3 is 2.46 bits per heavy atom. The van der Waals surface area contributed by atoms with Gasteiger partial charge >= 0.3 is 6.09 Å². The van der Waals surface area contributed by atoms with Gasteiger partial charge in [-0.05, 0) is 38.6 Å². The van der Waals surface area contributed by atoms with Crippen LogP contribution in [-0.4, -0.2) is 34.9 Å². The number of fused-ring (bicyclic) bond motifs is 1. The molecule has 0 saturated heterocycles. The molecule has 2 aromatic rings. The van der Waals surface area contributed by atoms with E-state index in [-0.39, 0.29) is 0 Å². The molecule has 6 nitrogen and oxygen atoms in total. The van der Waals surface area contributed by atoms with Crippen LogP contribution in [0.25, 0.3) is 10.8 Å². The van der Waals surface area contributed by atoms with Crippen LogP contribution in [0.15, 0.2) is 42.5 Å². The molecule has 152 valence electrons. The second-order valence-corrected chi connectivity index (χ2v) is 7.86. The Bertz CT molecular complexity index is 808. The normalized spacial score (nSPS) is 13.6. The standard InChI is InChI=1S/C22H30N2O4/c1-5-6-13-18(24-21(27)28-22(2,3)4)19(25)20(26)23-17-14-9-11-15-10-7-8-12-16(15)17/h7-12,14,18-19,25H,5-6,13H2,1-4H3,(H,23,26)(H,24,27)/t18-,19+/m1/s1. The van der Waals surface area contributed by atoms with Gasteiger partial charge < -0.3 is 20.5 Å². The summed E-state index contributed by atoms with van der Waals surface area (Å²) in [6.45, 7) is 7.29. The van der Waals surface area contributed by atoms with Crippen molar-refractivity contribution in [3.63, 3.8) is 0 Å². The van der Waals surface area contributed by atoms with Crippen molar-refractivity contribution < 1.29 is 19.4 Å². The number of carbonyl (C=O) groups is 2. The third-order valence-electron chi connectivity index (χ3n) is 4.27. The zero-order valence-corrected chi connectivity index (χ0v) is 17.0. The molecule has 0 aliphatic carbocycles. The van der Waals surface area contributed by atoms with Crippen molar-refractivity contribution in [2.45, 2.75) is 64.7 Å². The molecular weight excluding hydrogens is 356 g/mol. The van der Waals surface area contributed by atoms with Crippen molar-refractivity contribution in [1.29, 1.82) is 0 Å². The molecule has 0 unspecified atom stereocenters. The topological polar surface area (TPSA) is 87.7 Å². The van der Waals surface area contributed by atoms with Crippen LogP contribution in [0, 0.1) is 0 Å². The number of hydrogen-bond acceptors (Lipinski definition) is 4. The predicted molar refractivity (Wildman–Crippen MR) is 111 cm³/mol. The molecule has 0 fully saturated rings. The van der Waals surface area contributed by atoms with Gasteiger partial charge in [-0.25, -0.2) is 4.79 Å². The van der Waals surface area contributed by atoms with E-state index in [9.17, 15) is 14.7 Å². The van der Waals surface area contributed by atoms with Gasteiger partial charge in [0.1, 0.15) is 5.60 Å². The number of benzene rings is 2. The van der Waals surface area contributed by atoms with Crippen molar-refractivity contribution in [2.75, 3.05) is 5.32 Å². The second kappa shape index (κ2) is 9.55. The van der Waals surface area contributed by atoms with E-state index in [1.54, 1.807) is 26.8 Å². The fourth-order valence-corrected chi connectivity index (χ4v) is 2.92. The molecule has 2 amide bonds. The van der Waals surface area contributed by atoms with Gasteiger partial charge in [-0.3, -0.25) is 4.79 Å². The molecule has 3 N–H and O–H groups in total. The maximum atomic E-state index is 12.7. The first kappa shape index (κ1) is 21.7. The van der Waals surface area contributed by atoms with Crippen molar-refractivity contribution in [1.82, 2.24) is 5.32 Å². The Morgan fingerprint density at radius 2 is 1.79 bits per heavy atom. The molecule has 2 atom stereocenters. The first-order valence-corrected chi connectivity index (χ1v) is 9.67. The number of alkyl carbamates (subject to hydrolysis) is 1. The summed E-state index contributed by atoms with van der Waals surface area (Å²) in [5.41, 5.74) is -0.0381. The van der Waals surface area contributed by atoms with Crippen LogP contribution in [0.3, 0.4) is 0 Å². The molecule has 0 aliphatic rings. The Kier molecular flexibility index (Phi) is 7.40. The zero-order valence-electron chi connectivity index (χ0n) is 17.0. The quantitative estimate of drug-likeness (QED) is 0.665. The molecule has 0 aliphatic heterocycles. The van der Waals surface area contributed by atoms with Gasteiger partial charge in [0, 0.05) is 11.1 Å². The molecule has 0 aromatic heterocycles. The summed E-state index contributed by atoms with van der Waals surface area (Å²) >= 11 is 0. The molecule has 2 rings (SSSR count). The van der Waals surface area contributed by atoms with E-state index >= 15 is 0 Å². The van der Waals surface area contributed by atoms with E-state index in [1.165, 1.54) is 0 Å². The average molecular weight is 386 g/mol. The van der Waals surface area contributed by atoms with E-state index in [0.29, 0.717) is 12.1 Å². The lowest BCUT2D eigenvalue weighted by Crippen LogP contribution is -2.50. The van der Waals surface area contributed by atoms with Gasteiger partial charge in [0.2, 0.25) is 0 Å². The van der Waals surface area contributed by atoms with Crippen molar-refractivity contribution in [3.8, 4) is 0 Å². The lowest BCUT2D eigenvalue weighted by molar-refractivity contribution is -0.125. The summed E-state index contributed by atoms with van der Waals surface area (Å²) in [5, 5.41) is 17.9. The smallest absolute Gasteiger partial charge is 0.407 e. The van der Waals surface area contributed by atoms with Crippen LogP contribution in [0.1, 0.15) is 47.0 Å². The van der Waals surface area contributed by atoms with E-state index in [0.717, 1.165) is 23.6 Å². The number of unbranched alkanes of at least 4 members (excludes halogenated alkanes) is 1. The number of aliphatic hydroxyl groups excluding tert-OH is 1. The highest BCUT2D eigenvalue weighted by Crippen LogP contribution is 2.23. The van der Waals surface area contributed by atoms with Crippen LogP contribution in [0.2, 0.25) is 0 Å². The number of aliphatic hydroxyl groups is 1. The average Bonchev–Trinajstić information content (AvgIpc) is 2.63. The van der Waals surface area contributed by atoms with E-state index in [2.05, 4.69) is 10.6 Å². The summed E-state index contributed by atoms with van der Waals surface area (Å²) < 4.78 is 5.26. The third-order valence-corrected chi connectivity index (χ3v) is 4.27. The molecule has 0 saturated carbocycles. The van der Waals surface area contributed by atoms with Crippen molar-refractivity contribution in [3.05, 3.63) is 42.5 Å². The summed E-state index contributed by atoms with van der Waals surface area (Å²) in [7, 11) is 0. The monoisotopic (exact) mass is 386 g/mol. The molecule has 0 spiro atoms. The Labute approximate surface area is 166 Å². The summed E-state index contributed by atoms with van der Waals surface area (Å²) in [5.74, 6) is -0.562. The lowest BCUT2D eigenvalue weighted by Gasteiger charge is -2.26. The Hall–Kier alpha value is -2.60. The summed E-state index contributed by atoms with van der Waals surface area (Å²) in [4.78, 5) is 24.8. The number of hydrogen-bond donors (Lipinski definition) is 3. The molecule has 0 radical (unpaired) electrons. The van der Waals surface area contributed by atoms with Crippen LogP contribution < -0.4 is 10.6 Å².